The van der Waals surface area contributed by atoms with E-state index in [-0.39, 0.29) is 5.91 Å². The standard InChI is InChI=1S/C17H18N4OS/c1-10-8-13(11(2)21(10)16-4-3-7-23-16)17(22)18-15-9-14(19-20-15)12-5-6-12/h3-4,7-9,12H,5-6H2,1-2H3,(H2,18,19,20,22). The Morgan fingerprint density at radius 2 is 2.22 bits per heavy atom. The maximum atomic E-state index is 12.6. The highest BCUT2D eigenvalue weighted by Crippen LogP contribution is 2.39. The molecule has 0 aromatic carbocycles. The average Bonchev–Trinajstić information content (AvgIpc) is 2.93. The lowest BCUT2D eigenvalue weighted by atomic mass is 10.2. The zero-order valence-electron chi connectivity index (χ0n) is 13.1. The van der Waals surface area contributed by atoms with E-state index in [4.69, 9.17) is 0 Å². The Kier molecular flexibility index (Phi) is 3.34. The summed E-state index contributed by atoms with van der Waals surface area (Å²) in [5, 5.41) is 13.3. The van der Waals surface area contributed by atoms with Crippen molar-refractivity contribution < 1.29 is 4.79 Å². The maximum absolute atomic E-state index is 12.6. The summed E-state index contributed by atoms with van der Waals surface area (Å²) in [7, 11) is 0. The molecular formula is C17H18N4OS. The minimum absolute atomic E-state index is 0.116. The molecule has 0 saturated heterocycles. The van der Waals surface area contributed by atoms with E-state index in [0.29, 0.717) is 17.3 Å². The molecule has 0 atom stereocenters. The van der Waals surface area contributed by atoms with Crippen molar-refractivity contribution in [1.29, 1.82) is 0 Å². The van der Waals surface area contributed by atoms with Gasteiger partial charge >= 0.3 is 0 Å². The summed E-state index contributed by atoms with van der Waals surface area (Å²) in [6.45, 7) is 3.99. The fourth-order valence-corrected chi connectivity index (χ4v) is 3.76. The van der Waals surface area contributed by atoms with Gasteiger partial charge in [-0.15, -0.1) is 11.3 Å². The van der Waals surface area contributed by atoms with Crippen molar-refractivity contribution in [3.8, 4) is 5.00 Å². The third-order valence-corrected chi connectivity index (χ3v) is 5.11. The number of carbonyl (C=O) groups is 1. The number of hydrogen-bond donors (Lipinski definition) is 2. The first kappa shape index (κ1) is 14.3. The highest BCUT2D eigenvalue weighted by atomic mass is 32.1. The van der Waals surface area contributed by atoms with Crippen molar-refractivity contribution in [2.75, 3.05) is 5.32 Å². The second kappa shape index (κ2) is 5.38. The van der Waals surface area contributed by atoms with Gasteiger partial charge in [0.15, 0.2) is 5.82 Å². The fourth-order valence-electron chi connectivity index (χ4n) is 2.92. The largest absolute Gasteiger partial charge is 0.309 e. The predicted octanol–water partition coefficient (Wildman–Crippen LogP) is 4.01. The topological polar surface area (TPSA) is 62.7 Å². The molecule has 23 heavy (non-hydrogen) atoms. The smallest absolute Gasteiger partial charge is 0.258 e. The molecule has 0 unspecified atom stereocenters. The van der Waals surface area contributed by atoms with Gasteiger partial charge in [-0.05, 0) is 50.3 Å². The van der Waals surface area contributed by atoms with Crippen LogP contribution >= 0.6 is 11.3 Å². The van der Waals surface area contributed by atoms with Gasteiger partial charge in [0, 0.05) is 29.1 Å². The van der Waals surface area contributed by atoms with Crippen LogP contribution in [0.5, 0.6) is 0 Å². The van der Waals surface area contributed by atoms with E-state index in [0.717, 1.165) is 22.1 Å². The Hall–Kier alpha value is -2.34. The Morgan fingerprint density at radius 1 is 1.39 bits per heavy atom. The van der Waals surface area contributed by atoms with Crippen molar-refractivity contribution in [2.24, 2.45) is 0 Å². The van der Waals surface area contributed by atoms with Crippen LogP contribution in [-0.2, 0) is 0 Å². The molecule has 3 aromatic heterocycles. The number of anilines is 1. The lowest BCUT2D eigenvalue weighted by molar-refractivity contribution is 0.102. The summed E-state index contributed by atoms with van der Waals surface area (Å²) in [6, 6.07) is 7.94. The number of H-pyrrole nitrogens is 1. The quantitative estimate of drug-likeness (QED) is 0.761. The number of amides is 1. The number of carbonyl (C=O) groups excluding carboxylic acids is 1. The molecule has 4 rings (SSSR count). The third-order valence-electron chi connectivity index (χ3n) is 4.26. The van der Waals surface area contributed by atoms with Crippen LogP contribution in [0.4, 0.5) is 5.82 Å². The van der Waals surface area contributed by atoms with E-state index >= 15 is 0 Å². The molecule has 0 spiro atoms. The van der Waals surface area contributed by atoms with Gasteiger partial charge in [0.2, 0.25) is 0 Å². The lowest BCUT2D eigenvalue weighted by Crippen LogP contribution is -2.13. The van der Waals surface area contributed by atoms with Crippen LogP contribution in [0, 0.1) is 13.8 Å². The maximum Gasteiger partial charge on any atom is 0.258 e. The zero-order valence-corrected chi connectivity index (χ0v) is 13.9. The number of rotatable bonds is 4. The lowest BCUT2D eigenvalue weighted by Gasteiger charge is -2.06. The number of nitrogens with one attached hydrogen (secondary N) is 2. The van der Waals surface area contributed by atoms with E-state index in [1.165, 1.54) is 12.8 Å². The summed E-state index contributed by atoms with van der Waals surface area (Å²) in [5.74, 6) is 1.07. The third kappa shape index (κ3) is 2.59. The average molecular weight is 326 g/mol. The van der Waals surface area contributed by atoms with Crippen LogP contribution in [0.1, 0.15) is 46.2 Å². The Balaban J connectivity index is 1.59. The SMILES string of the molecule is Cc1cc(C(=O)Nc2cc(C3CC3)[nH]n2)c(C)n1-c1cccs1. The van der Waals surface area contributed by atoms with Crippen LogP contribution < -0.4 is 5.32 Å². The van der Waals surface area contributed by atoms with Crippen molar-refractivity contribution in [1.82, 2.24) is 14.8 Å². The van der Waals surface area contributed by atoms with E-state index in [2.05, 4.69) is 26.1 Å². The van der Waals surface area contributed by atoms with Crippen molar-refractivity contribution >= 4 is 23.1 Å². The first-order chi connectivity index (χ1) is 11.1. The molecule has 0 radical (unpaired) electrons. The Labute approximate surface area is 138 Å². The second-order valence-corrected chi connectivity index (χ2v) is 6.93. The van der Waals surface area contributed by atoms with Gasteiger partial charge in [0.1, 0.15) is 0 Å². The molecule has 1 aliphatic carbocycles. The van der Waals surface area contributed by atoms with Crippen LogP contribution in [0.15, 0.2) is 29.6 Å². The number of aromatic amines is 1. The van der Waals surface area contributed by atoms with E-state index in [9.17, 15) is 4.79 Å². The van der Waals surface area contributed by atoms with Crippen LogP contribution in [-0.4, -0.2) is 20.7 Å². The van der Waals surface area contributed by atoms with Crippen molar-refractivity contribution in [3.05, 3.63) is 52.3 Å². The van der Waals surface area contributed by atoms with Crippen LogP contribution in [0.3, 0.4) is 0 Å². The number of hydrogen-bond acceptors (Lipinski definition) is 3. The first-order valence-corrected chi connectivity index (χ1v) is 8.61. The van der Waals surface area contributed by atoms with E-state index < -0.39 is 0 Å². The van der Waals surface area contributed by atoms with Gasteiger partial charge in [-0.25, -0.2) is 0 Å². The van der Waals surface area contributed by atoms with Crippen molar-refractivity contribution in [2.45, 2.75) is 32.6 Å². The molecule has 1 amide bonds. The molecule has 3 heterocycles. The summed E-state index contributed by atoms with van der Waals surface area (Å²) in [4.78, 5) is 12.6. The molecule has 6 heteroatoms. The number of thiophene rings is 1. The number of aromatic nitrogens is 3. The van der Waals surface area contributed by atoms with E-state index in [1.54, 1.807) is 11.3 Å². The monoisotopic (exact) mass is 326 g/mol. The molecular weight excluding hydrogens is 308 g/mol. The number of nitrogens with zero attached hydrogens (tertiary/aromatic N) is 2. The summed E-state index contributed by atoms with van der Waals surface area (Å²) < 4.78 is 2.11. The van der Waals surface area contributed by atoms with Gasteiger partial charge in [-0.1, -0.05) is 0 Å². The predicted molar refractivity (Wildman–Crippen MR) is 91.6 cm³/mol. The second-order valence-electron chi connectivity index (χ2n) is 6.01. The summed E-state index contributed by atoms with van der Waals surface area (Å²) in [5.41, 5.74) is 3.80. The molecule has 1 fully saturated rings. The molecule has 1 aliphatic rings. The molecule has 0 bridgehead atoms. The van der Waals surface area contributed by atoms with Crippen LogP contribution in [0.2, 0.25) is 0 Å². The first-order valence-electron chi connectivity index (χ1n) is 7.73. The molecule has 3 aromatic rings. The molecule has 118 valence electrons. The van der Waals surface area contributed by atoms with Gasteiger partial charge in [0.25, 0.3) is 5.91 Å². The zero-order chi connectivity index (χ0) is 16.0. The Bertz CT molecular complexity index is 855. The van der Waals surface area contributed by atoms with Crippen LogP contribution in [0.25, 0.3) is 5.00 Å². The molecule has 2 N–H and O–H groups in total. The molecule has 1 saturated carbocycles. The van der Waals surface area contributed by atoms with E-state index in [1.807, 2.05) is 37.4 Å². The van der Waals surface area contributed by atoms with Gasteiger partial charge in [-0.3, -0.25) is 9.89 Å². The van der Waals surface area contributed by atoms with Gasteiger partial charge < -0.3 is 9.88 Å². The summed E-state index contributed by atoms with van der Waals surface area (Å²) >= 11 is 1.66. The molecule has 5 nitrogen and oxygen atoms in total. The highest BCUT2D eigenvalue weighted by Gasteiger charge is 2.26. The fraction of sp³-hybridized carbons (Fsp3) is 0.294. The van der Waals surface area contributed by atoms with Crippen molar-refractivity contribution in [3.63, 3.8) is 0 Å². The number of aryl methyl sites for hydroxylation is 1. The molecule has 0 aliphatic heterocycles. The summed E-state index contributed by atoms with van der Waals surface area (Å²) in [6.07, 6.45) is 2.41. The highest BCUT2D eigenvalue weighted by molar-refractivity contribution is 7.12. The Morgan fingerprint density at radius 3 is 2.91 bits per heavy atom. The minimum atomic E-state index is -0.116. The minimum Gasteiger partial charge on any atom is -0.309 e. The van der Waals surface area contributed by atoms with Gasteiger partial charge in [0.05, 0.1) is 10.6 Å². The normalized spacial score (nSPS) is 14.2. The van der Waals surface area contributed by atoms with Gasteiger partial charge in [-0.2, -0.15) is 5.10 Å².